The molecule has 0 spiro atoms. The Morgan fingerprint density at radius 1 is 1.00 bits per heavy atom. The van der Waals surface area contributed by atoms with E-state index in [0.717, 1.165) is 16.5 Å². The highest BCUT2D eigenvalue weighted by Crippen LogP contribution is 2.20. The van der Waals surface area contributed by atoms with Crippen LogP contribution in [0.2, 0.25) is 0 Å². The van der Waals surface area contributed by atoms with E-state index in [9.17, 15) is 4.79 Å². The summed E-state index contributed by atoms with van der Waals surface area (Å²) < 4.78 is 1.67. The molecule has 5 nitrogen and oxygen atoms in total. The molecule has 0 aliphatic rings. The van der Waals surface area contributed by atoms with E-state index in [-0.39, 0.29) is 5.91 Å². The Hall–Kier alpha value is -3.73. The molecule has 0 aliphatic heterocycles. The van der Waals surface area contributed by atoms with Crippen molar-refractivity contribution in [2.24, 2.45) is 0 Å². The van der Waals surface area contributed by atoms with Gasteiger partial charge in [-0.1, -0.05) is 90.2 Å². The average Bonchev–Trinajstić information content (AvgIpc) is 3.23. The second-order valence-corrected chi connectivity index (χ2v) is 6.94. The fraction of sp³-hybridized carbons (Fsp3) is 0.125. The number of fused-ring (bicyclic) bond motifs is 1. The van der Waals surface area contributed by atoms with E-state index in [1.807, 2.05) is 60.7 Å². The van der Waals surface area contributed by atoms with Gasteiger partial charge in [-0.3, -0.25) is 4.79 Å². The average molecular weight is 382 g/mol. The summed E-state index contributed by atoms with van der Waals surface area (Å²) in [6.07, 6.45) is 5.71. The summed E-state index contributed by atoms with van der Waals surface area (Å²) in [5.41, 5.74) is 2.58. The first-order valence-corrected chi connectivity index (χ1v) is 9.54. The lowest BCUT2D eigenvalue weighted by atomic mass is 10.0. The van der Waals surface area contributed by atoms with Crippen LogP contribution in [0.15, 0.2) is 85.1 Å². The summed E-state index contributed by atoms with van der Waals surface area (Å²) in [5.74, 6) is -0.142. The van der Waals surface area contributed by atoms with E-state index in [1.165, 1.54) is 5.39 Å². The first kappa shape index (κ1) is 18.6. The third-order valence-corrected chi connectivity index (χ3v) is 4.79. The standard InChI is InChI=1S/C24H22N4O/c1-27(17-21-14-7-13-20-12-5-6-15-22(20)21)24(29)23-18-28(26-25-23)16-8-11-19-9-3-2-4-10-19/h2-15,18H,16-17H2,1H3. The molecule has 1 heterocycles. The van der Waals surface area contributed by atoms with Crippen LogP contribution in [-0.2, 0) is 13.1 Å². The third kappa shape index (κ3) is 4.41. The van der Waals surface area contributed by atoms with Gasteiger partial charge in [-0.05, 0) is 21.9 Å². The Morgan fingerprint density at radius 3 is 2.62 bits per heavy atom. The van der Waals surface area contributed by atoms with Crippen LogP contribution in [0, 0.1) is 0 Å². The minimum Gasteiger partial charge on any atom is -0.336 e. The van der Waals surface area contributed by atoms with Crippen molar-refractivity contribution in [1.82, 2.24) is 19.9 Å². The second kappa shape index (κ2) is 8.52. The van der Waals surface area contributed by atoms with Crippen LogP contribution in [0.5, 0.6) is 0 Å². The molecule has 0 aliphatic carbocycles. The first-order valence-electron chi connectivity index (χ1n) is 9.54. The van der Waals surface area contributed by atoms with Gasteiger partial charge in [0.15, 0.2) is 5.69 Å². The van der Waals surface area contributed by atoms with Crippen LogP contribution in [-0.4, -0.2) is 32.8 Å². The maximum atomic E-state index is 12.8. The highest BCUT2D eigenvalue weighted by atomic mass is 16.2. The molecule has 29 heavy (non-hydrogen) atoms. The van der Waals surface area contributed by atoms with Crippen LogP contribution in [0.25, 0.3) is 16.8 Å². The fourth-order valence-electron chi connectivity index (χ4n) is 3.30. The molecule has 4 aromatic rings. The summed E-state index contributed by atoms with van der Waals surface area (Å²) in [6, 6.07) is 24.4. The molecule has 0 atom stereocenters. The second-order valence-electron chi connectivity index (χ2n) is 6.94. The quantitative estimate of drug-likeness (QED) is 0.496. The summed E-state index contributed by atoms with van der Waals surface area (Å²) >= 11 is 0. The monoisotopic (exact) mass is 382 g/mol. The van der Waals surface area contributed by atoms with Gasteiger partial charge in [0.1, 0.15) is 0 Å². The van der Waals surface area contributed by atoms with Gasteiger partial charge in [-0.2, -0.15) is 0 Å². The number of carbonyl (C=O) groups is 1. The summed E-state index contributed by atoms with van der Waals surface area (Å²) in [7, 11) is 1.79. The number of hydrogen-bond acceptors (Lipinski definition) is 3. The predicted molar refractivity (Wildman–Crippen MR) is 115 cm³/mol. The molecule has 144 valence electrons. The van der Waals surface area contributed by atoms with Crippen molar-refractivity contribution in [3.05, 3.63) is 102 Å². The molecule has 0 saturated heterocycles. The Labute approximate surface area is 169 Å². The number of nitrogens with zero attached hydrogens (tertiary/aromatic N) is 4. The number of carbonyl (C=O) groups excluding carboxylic acids is 1. The van der Waals surface area contributed by atoms with E-state index >= 15 is 0 Å². The molecule has 4 rings (SSSR count). The van der Waals surface area contributed by atoms with Crippen molar-refractivity contribution in [3.8, 4) is 0 Å². The van der Waals surface area contributed by atoms with Gasteiger partial charge in [0, 0.05) is 13.6 Å². The first-order chi connectivity index (χ1) is 14.2. The minimum atomic E-state index is -0.142. The van der Waals surface area contributed by atoms with Crippen LogP contribution >= 0.6 is 0 Å². The van der Waals surface area contributed by atoms with Crippen molar-refractivity contribution < 1.29 is 4.79 Å². The molecule has 1 aromatic heterocycles. The summed E-state index contributed by atoms with van der Waals surface area (Å²) in [5, 5.41) is 10.5. The summed E-state index contributed by atoms with van der Waals surface area (Å²) in [6.45, 7) is 1.07. The lowest BCUT2D eigenvalue weighted by molar-refractivity contribution is 0.0779. The van der Waals surface area contributed by atoms with Gasteiger partial charge in [-0.15, -0.1) is 5.10 Å². The fourth-order valence-corrected chi connectivity index (χ4v) is 3.30. The van der Waals surface area contributed by atoms with E-state index < -0.39 is 0 Å². The van der Waals surface area contributed by atoms with Crippen LogP contribution < -0.4 is 0 Å². The van der Waals surface area contributed by atoms with E-state index in [2.05, 4.69) is 34.6 Å². The zero-order chi connectivity index (χ0) is 20.1. The SMILES string of the molecule is CN(Cc1cccc2ccccc12)C(=O)c1cn(CC=Cc2ccccc2)nn1. The number of amides is 1. The zero-order valence-corrected chi connectivity index (χ0v) is 16.3. The molecular weight excluding hydrogens is 360 g/mol. The van der Waals surface area contributed by atoms with Gasteiger partial charge >= 0.3 is 0 Å². The largest absolute Gasteiger partial charge is 0.336 e. The molecule has 0 bridgehead atoms. The Bertz CT molecular complexity index is 1140. The molecule has 0 N–H and O–H groups in total. The molecular formula is C24H22N4O. The topological polar surface area (TPSA) is 51.0 Å². The summed E-state index contributed by atoms with van der Waals surface area (Å²) in [4.78, 5) is 14.5. The lowest BCUT2D eigenvalue weighted by Gasteiger charge is -2.17. The van der Waals surface area contributed by atoms with Gasteiger partial charge in [0.25, 0.3) is 5.91 Å². The maximum absolute atomic E-state index is 12.8. The molecule has 0 unspecified atom stereocenters. The van der Waals surface area contributed by atoms with E-state index in [4.69, 9.17) is 0 Å². The van der Waals surface area contributed by atoms with Crippen molar-refractivity contribution >= 4 is 22.8 Å². The molecule has 5 heteroatoms. The lowest BCUT2D eigenvalue weighted by Crippen LogP contribution is -2.26. The van der Waals surface area contributed by atoms with Crippen molar-refractivity contribution in [1.29, 1.82) is 0 Å². The highest BCUT2D eigenvalue weighted by Gasteiger charge is 2.16. The zero-order valence-electron chi connectivity index (χ0n) is 16.3. The molecule has 0 saturated carbocycles. The van der Waals surface area contributed by atoms with Gasteiger partial charge in [0.05, 0.1) is 12.7 Å². The van der Waals surface area contributed by atoms with Crippen molar-refractivity contribution in [2.45, 2.75) is 13.1 Å². The Kier molecular flexibility index (Phi) is 5.47. The van der Waals surface area contributed by atoms with E-state index in [0.29, 0.717) is 18.8 Å². The normalized spacial score (nSPS) is 11.2. The number of hydrogen-bond donors (Lipinski definition) is 0. The van der Waals surface area contributed by atoms with Gasteiger partial charge < -0.3 is 4.90 Å². The van der Waals surface area contributed by atoms with Crippen LogP contribution in [0.3, 0.4) is 0 Å². The van der Waals surface area contributed by atoms with E-state index in [1.54, 1.807) is 22.8 Å². The third-order valence-electron chi connectivity index (χ3n) is 4.79. The Balaban J connectivity index is 1.42. The van der Waals surface area contributed by atoms with Gasteiger partial charge in [-0.25, -0.2) is 4.68 Å². The van der Waals surface area contributed by atoms with Crippen LogP contribution in [0.1, 0.15) is 21.6 Å². The van der Waals surface area contributed by atoms with Crippen LogP contribution in [0.4, 0.5) is 0 Å². The van der Waals surface area contributed by atoms with Gasteiger partial charge in [0.2, 0.25) is 0 Å². The predicted octanol–water partition coefficient (Wildman–Crippen LogP) is 4.42. The molecule has 0 radical (unpaired) electrons. The number of rotatable bonds is 6. The number of allylic oxidation sites excluding steroid dienone is 1. The minimum absolute atomic E-state index is 0.142. The molecule has 0 fully saturated rings. The van der Waals surface area contributed by atoms with Crippen molar-refractivity contribution in [3.63, 3.8) is 0 Å². The molecule has 3 aromatic carbocycles. The number of aromatic nitrogens is 3. The maximum Gasteiger partial charge on any atom is 0.276 e. The smallest absolute Gasteiger partial charge is 0.276 e. The van der Waals surface area contributed by atoms with Crippen molar-refractivity contribution in [2.75, 3.05) is 7.05 Å². The number of benzene rings is 3. The molecule has 1 amide bonds. The highest BCUT2D eigenvalue weighted by molar-refractivity contribution is 5.92. The Morgan fingerprint density at radius 2 is 1.76 bits per heavy atom.